The van der Waals surface area contributed by atoms with Crippen molar-refractivity contribution < 1.29 is 26.3 Å². The summed E-state index contributed by atoms with van der Waals surface area (Å²) in [5.74, 6) is 0. The van der Waals surface area contributed by atoms with Crippen LogP contribution >= 0.6 is 0 Å². The number of halogens is 6. The van der Waals surface area contributed by atoms with Crippen LogP contribution in [0.1, 0.15) is 11.1 Å². The molecule has 1 aromatic carbocycles. The Morgan fingerprint density at radius 3 is 1.86 bits per heavy atom. The second kappa shape index (κ2) is 4.90. The molecule has 9 heteroatoms. The number of benzene rings is 1. The maximum atomic E-state index is 12.7. The van der Waals surface area contributed by atoms with Crippen LogP contribution in [0.4, 0.5) is 26.3 Å². The minimum atomic E-state index is -4.97. The fraction of sp³-hybridized carbons (Fsp3) is 0.167. The van der Waals surface area contributed by atoms with Crippen LogP contribution in [0, 0.1) is 0 Å². The van der Waals surface area contributed by atoms with Crippen molar-refractivity contribution in [1.29, 1.82) is 0 Å². The molecule has 2 aromatic rings. The molecule has 0 spiro atoms. The van der Waals surface area contributed by atoms with Gasteiger partial charge in [-0.3, -0.25) is 4.79 Å². The van der Waals surface area contributed by atoms with Gasteiger partial charge in [0.1, 0.15) is 5.69 Å². The second-order valence-electron chi connectivity index (χ2n) is 4.06. The lowest BCUT2D eigenvalue weighted by Gasteiger charge is -2.13. The molecule has 0 unspecified atom stereocenters. The molecule has 0 saturated heterocycles. The van der Waals surface area contributed by atoms with Gasteiger partial charge in [0, 0.05) is 18.0 Å². The van der Waals surface area contributed by atoms with Gasteiger partial charge in [0.25, 0.3) is 5.56 Å². The van der Waals surface area contributed by atoms with Crippen LogP contribution in [0.15, 0.2) is 35.4 Å². The van der Waals surface area contributed by atoms with Gasteiger partial charge in [-0.15, -0.1) is 0 Å². The van der Waals surface area contributed by atoms with E-state index in [1.807, 2.05) is 0 Å². The van der Waals surface area contributed by atoms with Crippen LogP contribution < -0.4 is 5.56 Å². The molecule has 3 nitrogen and oxygen atoms in total. The molecule has 0 radical (unpaired) electrons. The summed E-state index contributed by atoms with van der Waals surface area (Å²) in [5, 5.41) is 0. The van der Waals surface area contributed by atoms with E-state index in [1.54, 1.807) is 0 Å². The first-order valence-corrected chi connectivity index (χ1v) is 5.42. The predicted molar refractivity (Wildman–Crippen MR) is 60.3 cm³/mol. The molecular weight excluding hydrogens is 302 g/mol. The summed E-state index contributed by atoms with van der Waals surface area (Å²) < 4.78 is 76.1. The van der Waals surface area contributed by atoms with Crippen LogP contribution in [0.3, 0.4) is 0 Å². The Bertz CT molecular complexity index is 684. The largest absolute Gasteiger partial charge is 0.416 e. The van der Waals surface area contributed by atoms with Crippen molar-refractivity contribution in [3.63, 3.8) is 0 Å². The van der Waals surface area contributed by atoms with E-state index in [1.165, 1.54) is 0 Å². The molecule has 1 N–H and O–H groups in total. The number of aromatic amines is 1. The summed E-state index contributed by atoms with van der Waals surface area (Å²) in [5.41, 5.74) is -4.96. The highest BCUT2D eigenvalue weighted by Gasteiger charge is 2.37. The standard InChI is InChI=1S/C12H6F6N2O/c13-11(14,15)7-3-6(4-8(5-7)12(16,17)18)9-10(21)20-2-1-19-9/h1-5H,(H,20,21). The number of nitrogens with one attached hydrogen (secondary N) is 1. The van der Waals surface area contributed by atoms with E-state index in [0.29, 0.717) is 12.1 Å². The Morgan fingerprint density at radius 1 is 0.905 bits per heavy atom. The highest BCUT2D eigenvalue weighted by molar-refractivity contribution is 5.61. The number of H-pyrrole nitrogens is 1. The minimum absolute atomic E-state index is 0.0133. The summed E-state index contributed by atoms with van der Waals surface area (Å²) in [7, 11) is 0. The number of nitrogens with zero attached hydrogens (tertiary/aromatic N) is 1. The van der Waals surface area contributed by atoms with Gasteiger partial charge in [0.05, 0.1) is 11.1 Å². The number of aromatic nitrogens is 2. The number of rotatable bonds is 1. The first kappa shape index (κ1) is 15.1. The predicted octanol–water partition coefficient (Wildman–Crippen LogP) is 3.47. The van der Waals surface area contributed by atoms with Crippen molar-refractivity contribution in [1.82, 2.24) is 9.97 Å². The molecule has 1 aromatic heterocycles. The average molecular weight is 308 g/mol. The fourth-order valence-corrected chi connectivity index (χ4v) is 1.65. The maximum absolute atomic E-state index is 12.7. The SMILES string of the molecule is O=c1[nH]ccnc1-c1cc(C(F)(F)F)cc(C(F)(F)F)c1. The molecule has 0 amide bonds. The monoisotopic (exact) mass is 308 g/mol. The van der Waals surface area contributed by atoms with Gasteiger partial charge in [0.15, 0.2) is 0 Å². The first-order valence-electron chi connectivity index (χ1n) is 5.42. The molecule has 112 valence electrons. The number of alkyl halides is 6. The molecule has 0 aliphatic heterocycles. The number of hydrogen-bond donors (Lipinski definition) is 1. The summed E-state index contributed by atoms with van der Waals surface area (Å²) in [6.45, 7) is 0. The van der Waals surface area contributed by atoms with Gasteiger partial charge < -0.3 is 4.98 Å². The molecule has 0 fully saturated rings. The van der Waals surface area contributed by atoms with Crippen molar-refractivity contribution >= 4 is 0 Å². The summed E-state index contributed by atoms with van der Waals surface area (Å²) in [6, 6.07) is 0.889. The third kappa shape index (κ3) is 3.23. The Kier molecular flexibility index (Phi) is 3.52. The highest BCUT2D eigenvalue weighted by atomic mass is 19.4. The number of hydrogen-bond acceptors (Lipinski definition) is 2. The second-order valence-corrected chi connectivity index (χ2v) is 4.06. The molecule has 21 heavy (non-hydrogen) atoms. The van der Waals surface area contributed by atoms with Crippen LogP contribution in [0.5, 0.6) is 0 Å². The van der Waals surface area contributed by atoms with Gasteiger partial charge in [-0.05, 0) is 18.2 Å². The fourth-order valence-electron chi connectivity index (χ4n) is 1.65. The lowest BCUT2D eigenvalue weighted by atomic mass is 10.0. The topological polar surface area (TPSA) is 45.8 Å². The lowest BCUT2D eigenvalue weighted by molar-refractivity contribution is -0.143. The first-order chi connectivity index (χ1) is 9.59. The zero-order valence-corrected chi connectivity index (χ0v) is 10.0. The van der Waals surface area contributed by atoms with Crippen molar-refractivity contribution in [3.05, 3.63) is 52.1 Å². The Labute approximate surface area is 113 Å². The van der Waals surface area contributed by atoms with Crippen LogP contribution in [0.25, 0.3) is 11.3 Å². The molecule has 1 heterocycles. The normalized spacial score (nSPS) is 12.5. The van der Waals surface area contributed by atoms with Crippen LogP contribution in [0.2, 0.25) is 0 Å². The molecule has 0 bridgehead atoms. The summed E-state index contributed by atoms with van der Waals surface area (Å²) >= 11 is 0. The Balaban J connectivity index is 2.73. The van der Waals surface area contributed by atoms with Crippen LogP contribution in [-0.4, -0.2) is 9.97 Å². The third-order valence-corrected chi connectivity index (χ3v) is 2.57. The molecule has 0 aliphatic carbocycles. The zero-order valence-electron chi connectivity index (χ0n) is 10.0. The van der Waals surface area contributed by atoms with Gasteiger partial charge in [0.2, 0.25) is 0 Å². The quantitative estimate of drug-likeness (QED) is 0.820. The van der Waals surface area contributed by atoms with E-state index < -0.39 is 40.3 Å². The molecule has 0 atom stereocenters. The third-order valence-electron chi connectivity index (χ3n) is 2.57. The van der Waals surface area contributed by atoms with Crippen molar-refractivity contribution in [2.24, 2.45) is 0 Å². The van der Waals surface area contributed by atoms with E-state index in [0.717, 1.165) is 12.4 Å². The summed E-state index contributed by atoms with van der Waals surface area (Å²) in [6.07, 6.45) is -7.77. The zero-order chi connectivity index (χ0) is 15.8. The van der Waals surface area contributed by atoms with Crippen molar-refractivity contribution in [2.45, 2.75) is 12.4 Å². The molecule has 0 aliphatic rings. The molecular formula is C12H6F6N2O. The van der Waals surface area contributed by atoms with Gasteiger partial charge >= 0.3 is 12.4 Å². The lowest BCUT2D eigenvalue weighted by Crippen LogP contribution is -2.14. The van der Waals surface area contributed by atoms with E-state index in [9.17, 15) is 31.1 Å². The van der Waals surface area contributed by atoms with E-state index in [2.05, 4.69) is 9.97 Å². The molecule has 0 saturated carbocycles. The highest BCUT2D eigenvalue weighted by Crippen LogP contribution is 2.37. The van der Waals surface area contributed by atoms with Crippen molar-refractivity contribution in [3.8, 4) is 11.3 Å². The van der Waals surface area contributed by atoms with E-state index in [4.69, 9.17) is 0 Å². The van der Waals surface area contributed by atoms with E-state index in [-0.39, 0.29) is 6.07 Å². The minimum Gasteiger partial charge on any atom is -0.326 e. The summed E-state index contributed by atoms with van der Waals surface area (Å²) in [4.78, 5) is 17.1. The molecule has 2 rings (SSSR count). The van der Waals surface area contributed by atoms with E-state index >= 15 is 0 Å². The van der Waals surface area contributed by atoms with Gasteiger partial charge in [-0.25, -0.2) is 4.98 Å². The van der Waals surface area contributed by atoms with Gasteiger partial charge in [-0.2, -0.15) is 26.3 Å². The Morgan fingerprint density at radius 2 is 1.43 bits per heavy atom. The Hall–Kier alpha value is -2.32. The van der Waals surface area contributed by atoms with Gasteiger partial charge in [-0.1, -0.05) is 0 Å². The average Bonchev–Trinajstić information content (AvgIpc) is 2.36. The van der Waals surface area contributed by atoms with Crippen molar-refractivity contribution in [2.75, 3.05) is 0 Å². The smallest absolute Gasteiger partial charge is 0.326 e. The van der Waals surface area contributed by atoms with Crippen LogP contribution in [-0.2, 0) is 12.4 Å². The maximum Gasteiger partial charge on any atom is 0.416 e.